The summed E-state index contributed by atoms with van der Waals surface area (Å²) < 4.78 is 5.06. The summed E-state index contributed by atoms with van der Waals surface area (Å²) in [5.74, 6) is -3.59. The Balaban J connectivity index is 1.37. The van der Waals surface area contributed by atoms with E-state index in [1.165, 1.54) is 43.5 Å². The summed E-state index contributed by atoms with van der Waals surface area (Å²) in [7, 11) is 1.47. The first-order valence-electron chi connectivity index (χ1n) is 11.1. The van der Waals surface area contributed by atoms with Crippen LogP contribution >= 0.6 is 11.6 Å². The predicted molar refractivity (Wildman–Crippen MR) is 139 cm³/mol. The number of nitrogens with one attached hydrogen (secondary N) is 3. The highest BCUT2D eigenvalue weighted by atomic mass is 35.5. The number of carbonyl (C=O) groups excluding carboxylic acids is 5. The van der Waals surface area contributed by atoms with Crippen LogP contribution in [0, 0.1) is 5.92 Å². The molecule has 4 rings (SSSR count). The van der Waals surface area contributed by atoms with Gasteiger partial charge in [-0.25, -0.2) is 15.1 Å². The smallest absolute Gasteiger partial charge is 0.335 e. The fourth-order valence-electron chi connectivity index (χ4n) is 3.44. The molecule has 12 heteroatoms. The van der Waals surface area contributed by atoms with Gasteiger partial charge in [-0.3, -0.25) is 24.5 Å². The van der Waals surface area contributed by atoms with Gasteiger partial charge in [-0.05, 0) is 72.8 Å². The van der Waals surface area contributed by atoms with Crippen LogP contribution in [0.4, 0.5) is 16.2 Å². The zero-order valence-electron chi connectivity index (χ0n) is 19.8. The molecule has 1 fully saturated rings. The number of imide groups is 2. The van der Waals surface area contributed by atoms with Crippen molar-refractivity contribution in [2.45, 2.75) is 0 Å². The average molecular weight is 534 g/mol. The highest BCUT2D eigenvalue weighted by Crippen LogP contribution is 2.23. The van der Waals surface area contributed by atoms with E-state index < -0.39 is 29.7 Å². The van der Waals surface area contributed by atoms with Gasteiger partial charge in [-0.2, -0.15) is 5.10 Å². The molecule has 1 aliphatic rings. The van der Waals surface area contributed by atoms with E-state index in [2.05, 4.69) is 21.2 Å². The van der Waals surface area contributed by atoms with Crippen molar-refractivity contribution in [3.63, 3.8) is 0 Å². The lowest BCUT2D eigenvalue weighted by Crippen LogP contribution is -2.58. The van der Waals surface area contributed by atoms with Crippen molar-refractivity contribution in [1.82, 2.24) is 10.7 Å². The summed E-state index contributed by atoms with van der Waals surface area (Å²) in [5, 5.41) is 9.03. The van der Waals surface area contributed by atoms with Crippen LogP contribution < -0.4 is 25.7 Å². The summed E-state index contributed by atoms with van der Waals surface area (Å²) in [5.41, 5.74) is 3.55. The second-order valence-electron chi connectivity index (χ2n) is 7.90. The van der Waals surface area contributed by atoms with Gasteiger partial charge in [0.15, 0.2) is 5.92 Å². The molecule has 0 spiro atoms. The number of hydrogen-bond donors (Lipinski definition) is 3. The monoisotopic (exact) mass is 533 g/mol. The van der Waals surface area contributed by atoms with Crippen LogP contribution in [-0.4, -0.2) is 43.0 Å². The van der Waals surface area contributed by atoms with Crippen molar-refractivity contribution in [1.29, 1.82) is 0 Å². The standard InChI is InChI=1S/C26H20ClN5O6/c1-38-20-12-10-19(11-13-20)32-25(36)21(24(35)30-26(32)37)14-28-31-23(34)16-4-8-18(9-5-16)29-22(33)15-2-6-17(27)7-3-15/h2-14,21H,1H3,(H,29,33)(H,31,34)(H,30,35,37)/b28-14-/t21-/m0/s1. The lowest BCUT2D eigenvalue weighted by Gasteiger charge is -2.28. The van der Waals surface area contributed by atoms with Gasteiger partial charge < -0.3 is 10.1 Å². The molecule has 3 aromatic carbocycles. The summed E-state index contributed by atoms with van der Waals surface area (Å²) in [6, 6.07) is 17.6. The maximum Gasteiger partial charge on any atom is 0.335 e. The SMILES string of the molecule is COc1ccc(N2C(=O)NC(=O)[C@H](/C=N\NC(=O)c3ccc(NC(=O)c4ccc(Cl)cc4)cc3)C2=O)cc1. The number of amides is 6. The summed E-state index contributed by atoms with van der Waals surface area (Å²) in [6.45, 7) is 0. The largest absolute Gasteiger partial charge is 0.497 e. The Morgan fingerprint density at radius 2 is 1.53 bits per heavy atom. The number of hydrogen-bond acceptors (Lipinski definition) is 7. The molecule has 3 N–H and O–H groups in total. The van der Waals surface area contributed by atoms with Crippen molar-refractivity contribution in [3.05, 3.63) is 88.9 Å². The van der Waals surface area contributed by atoms with E-state index in [0.29, 0.717) is 22.0 Å². The van der Waals surface area contributed by atoms with E-state index in [9.17, 15) is 24.0 Å². The maximum atomic E-state index is 12.9. The Hall–Kier alpha value is -5.03. The number of urea groups is 1. The molecule has 1 atom stereocenters. The van der Waals surface area contributed by atoms with Gasteiger partial charge >= 0.3 is 6.03 Å². The number of anilines is 2. The van der Waals surface area contributed by atoms with Crippen LogP contribution in [0.2, 0.25) is 5.02 Å². The second-order valence-corrected chi connectivity index (χ2v) is 8.34. The molecule has 6 amide bonds. The summed E-state index contributed by atoms with van der Waals surface area (Å²) in [6.07, 6.45) is 0.944. The zero-order valence-corrected chi connectivity index (χ0v) is 20.6. The molecule has 0 aromatic heterocycles. The van der Waals surface area contributed by atoms with Gasteiger partial charge in [0.05, 0.1) is 12.8 Å². The van der Waals surface area contributed by atoms with E-state index in [-0.39, 0.29) is 17.2 Å². The molecule has 3 aromatic rings. The molecular formula is C26H20ClN5O6. The topological polar surface area (TPSA) is 146 Å². The van der Waals surface area contributed by atoms with Crippen LogP contribution in [0.3, 0.4) is 0 Å². The molecule has 1 aliphatic heterocycles. The Bertz CT molecular complexity index is 1420. The highest BCUT2D eigenvalue weighted by Gasteiger charge is 2.40. The lowest BCUT2D eigenvalue weighted by atomic mass is 10.1. The minimum absolute atomic E-state index is 0.209. The quantitative estimate of drug-likeness (QED) is 0.241. The van der Waals surface area contributed by atoms with Gasteiger partial charge in [0.2, 0.25) is 5.91 Å². The maximum absolute atomic E-state index is 12.9. The summed E-state index contributed by atoms with van der Waals surface area (Å²) in [4.78, 5) is 62.9. The number of rotatable bonds is 7. The van der Waals surface area contributed by atoms with Gasteiger partial charge in [0, 0.05) is 28.1 Å². The van der Waals surface area contributed by atoms with Gasteiger partial charge in [-0.1, -0.05) is 11.6 Å². The van der Waals surface area contributed by atoms with E-state index >= 15 is 0 Å². The van der Waals surface area contributed by atoms with E-state index in [1.807, 2.05) is 0 Å². The third kappa shape index (κ3) is 5.85. The molecule has 1 heterocycles. The molecule has 0 radical (unpaired) electrons. The number of carbonyl (C=O) groups is 5. The predicted octanol–water partition coefficient (Wildman–Crippen LogP) is 3.22. The zero-order chi connectivity index (χ0) is 27.2. The Kier molecular flexibility index (Phi) is 7.78. The van der Waals surface area contributed by atoms with Crippen molar-refractivity contribution < 1.29 is 28.7 Å². The fraction of sp³-hybridized carbons (Fsp3) is 0.0769. The molecule has 1 saturated heterocycles. The Morgan fingerprint density at radius 3 is 2.16 bits per heavy atom. The number of barbiturate groups is 1. The molecule has 0 unspecified atom stereocenters. The van der Waals surface area contributed by atoms with E-state index in [0.717, 1.165) is 11.1 Å². The lowest BCUT2D eigenvalue weighted by molar-refractivity contribution is -0.131. The van der Waals surface area contributed by atoms with Crippen molar-refractivity contribution in [3.8, 4) is 5.75 Å². The number of benzene rings is 3. The normalized spacial score (nSPS) is 15.3. The fourth-order valence-corrected chi connectivity index (χ4v) is 3.57. The molecule has 0 aliphatic carbocycles. The molecular weight excluding hydrogens is 514 g/mol. The van der Waals surface area contributed by atoms with Gasteiger partial charge in [0.25, 0.3) is 17.7 Å². The first-order chi connectivity index (χ1) is 18.3. The first kappa shape index (κ1) is 26.0. The average Bonchev–Trinajstić information content (AvgIpc) is 2.91. The molecule has 0 saturated carbocycles. The first-order valence-corrected chi connectivity index (χ1v) is 11.5. The van der Waals surface area contributed by atoms with Crippen LogP contribution in [0.25, 0.3) is 0 Å². The van der Waals surface area contributed by atoms with Gasteiger partial charge in [0.1, 0.15) is 5.75 Å². The van der Waals surface area contributed by atoms with Crippen molar-refractivity contribution >= 4 is 58.9 Å². The van der Waals surface area contributed by atoms with Gasteiger partial charge in [-0.15, -0.1) is 0 Å². The van der Waals surface area contributed by atoms with Crippen LogP contribution in [0.15, 0.2) is 77.9 Å². The number of methoxy groups -OCH3 is 1. The van der Waals surface area contributed by atoms with E-state index in [1.54, 1.807) is 36.4 Å². The van der Waals surface area contributed by atoms with E-state index in [4.69, 9.17) is 16.3 Å². The molecule has 0 bridgehead atoms. The second kappa shape index (κ2) is 11.4. The molecule has 38 heavy (non-hydrogen) atoms. The minimum atomic E-state index is -1.44. The Labute approximate surface area is 221 Å². The number of nitrogens with zero attached hydrogens (tertiary/aromatic N) is 2. The number of hydrazone groups is 1. The minimum Gasteiger partial charge on any atom is -0.497 e. The Morgan fingerprint density at radius 1 is 0.921 bits per heavy atom. The number of ether oxygens (including phenoxy) is 1. The summed E-state index contributed by atoms with van der Waals surface area (Å²) >= 11 is 5.83. The van der Waals surface area contributed by atoms with Crippen molar-refractivity contribution in [2.75, 3.05) is 17.3 Å². The highest BCUT2D eigenvalue weighted by molar-refractivity contribution is 6.32. The molecule has 11 nitrogen and oxygen atoms in total. The molecule has 192 valence electrons. The van der Waals surface area contributed by atoms with Crippen LogP contribution in [0.5, 0.6) is 5.75 Å². The van der Waals surface area contributed by atoms with Crippen molar-refractivity contribution in [2.24, 2.45) is 11.0 Å². The van der Waals surface area contributed by atoms with Crippen LogP contribution in [-0.2, 0) is 9.59 Å². The number of halogens is 1. The van der Waals surface area contributed by atoms with Crippen LogP contribution in [0.1, 0.15) is 20.7 Å². The third-order valence-electron chi connectivity index (χ3n) is 5.43. The third-order valence-corrected chi connectivity index (χ3v) is 5.69.